The van der Waals surface area contributed by atoms with Crippen LogP contribution in [0, 0.1) is 16.7 Å². The van der Waals surface area contributed by atoms with Crippen molar-refractivity contribution in [2.24, 2.45) is 16.7 Å². The fraction of sp³-hybridized carbons (Fsp3) is 0.632. The fourth-order valence-corrected chi connectivity index (χ4v) is 3.34. The van der Waals surface area contributed by atoms with Crippen LogP contribution in [0.4, 0.5) is 0 Å². The molecule has 0 aromatic rings. The maximum absolute atomic E-state index is 11.6. The number of carbonyl (C=O) groups excluding carboxylic acids is 3. The lowest BCUT2D eigenvalue weighted by atomic mass is 9.70. The summed E-state index contributed by atoms with van der Waals surface area (Å²) in [6, 6.07) is 0. The minimum Gasteiger partial charge on any atom is -0.299 e. The second-order valence-corrected chi connectivity index (χ2v) is 7.10. The molecule has 2 bridgehead atoms. The highest BCUT2D eigenvalue weighted by atomic mass is 16.1. The van der Waals surface area contributed by atoms with E-state index in [4.69, 9.17) is 0 Å². The molecule has 2 atom stereocenters. The van der Waals surface area contributed by atoms with Gasteiger partial charge in [0.15, 0.2) is 11.6 Å². The zero-order chi connectivity index (χ0) is 17.0. The monoisotopic (exact) mass is 304 g/mol. The van der Waals surface area contributed by atoms with Crippen molar-refractivity contribution in [3.8, 4) is 0 Å². The van der Waals surface area contributed by atoms with Crippen LogP contribution in [0.15, 0.2) is 24.3 Å². The SMILES string of the molecule is CC12CCC(CC1=O)C2(C)C.CCC.O=C1C=CC(=O)C=C1. The number of ketones is 3. The first-order valence-electron chi connectivity index (χ1n) is 8.16. The molecule has 3 nitrogen and oxygen atoms in total. The van der Waals surface area contributed by atoms with Crippen LogP contribution in [0.2, 0.25) is 0 Å². The summed E-state index contributed by atoms with van der Waals surface area (Å²) in [6.07, 6.45) is 9.51. The Labute approximate surface area is 133 Å². The molecule has 0 aromatic heterocycles. The van der Waals surface area contributed by atoms with Crippen molar-refractivity contribution >= 4 is 17.3 Å². The van der Waals surface area contributed by atoms with Gasteiger partial charge in [-0.05, 0) is 48.5 Å². The molecule has 0 heterocycles. The highest BCUT2D eigenvalue weighted by Crippen LogP contribution is 2.63. The van der Waals surface area contributed by atoms with E-state index < -0.39 is 0 Å². The molecular weight excluding hydrogens is 276 g/mol. The first-order valence-corrected chi connectivity index (χ1v) is 8.16. The van der Waals surface area contributed by atoms with E-state index in [2.05, 4.69) is 34.6 Å². The number of Topliss-reactive ketones (excluding diaryl/α,β-unsaturated/α-hetero) is 1. The van der Waals surface area contributed by atoms with E-state index in [9.17, 15) is 14.4 Å². The highest BCUT2D eigenvalue weighted by Gasteiger charge is 2.61. The van der Waals surface area contributed by atoms with Crippen LogP contribution in [0.5, 0.6) is 0 Å². The minimum absolute atomic E-state index is 0.0255. The van der Waals surface area contributed by atoms with Crippen molar-refractivity contribution < 1.29 is 14.4 Å². The maximum atomic E-state index is 11.6. The van der Waals surface area contributed by atoms with Crippen LogP contribution in [0.1, 0.15) is 60.3 Å². The fourth-order valence-electron chi connectivity index (χ4n) is 3.34. The van der Waals surface area contributed by atoms with E-state index in [1.807, 2.05) is 0 Å². The number of hydrogen-bond donors (Lipinski definition) is 0. The van der Waals surface area contributed by atoms with E-state index >= 15 is 0 Å². The Morgan fingerprint density at radius 2 is 1.36 bits per heavy atom. The quantitative estimate of drug-likeness (QED) is 0.634. The van der Waals surface area contributed by atoms with E-state index in [1.165, 1.54) is 37.1 Å². The molecule has 0 aromatic carbocycles. The number of allylic oxidation sites excluding steroid dienone is 4. The molecule has 0 N–H and O–H groups in total. The van der Waals surface area contributed by atoms with Gasteiger partial charge < -0.3 is 0 Å². The van der Waals surface area contributed by atoms with Crippen molar-refractivity contribution in [3.05, 3.63) is 24.3 Å². The van der Waals surface area contributed by atoms with Gasteiger partial charge in [-0.1, -0.05) is 41.0 Å². The largest absolute Gasteiger partial charge is 0.299 e. The summed E-state index contributed by atoms with van der Waals surface area (Å²) in [4.78, 5) is 32.1. The highest BCUT2D eigenvalue weighted by molar-refractivity contribution is 6.14. The van der Waals surface area contributed by atoms with E-state index in [1.54, 1.807) is 0 Å². The van der Waals surface area contributed by atoms with Gasteiger partial charge in [0.2, 0.25) is 0 Å². The van der Waals surface area contributed by atoms with E-state index in [-0.39, 0.29) is 22.4 Å². The molecular formula is C19H28O3. The zero-order valence-electron chi connectivity index (χ0n) is 14.4. The first kappa shape index (κ1) is 18.5. The molecule has 2 fully saturated rings. The molecule has 0 amide bonds. The first-order chi connectivity index (χ1) is 10.2. The lowest BCUT2D eigenvalue weighted by Crippen LogP contribution is -2.32. The van der Waals surface area contributed by atoms with Gasteiger partial charge in [0.1, 0.15) is 5.78 Å². The summed E-state index contributed by atoms with van der Waals surface area (Å²) in [5, 5.41) is 0. The molecule has 2 saturated carbocycles. The number of hydrogen-bond acceptors (Lipinski definition) is 3. The second-order valence-electron chi connectivity index (χ2n) is 7.10. The number of fused-ring (bicyclic) bond motifs is 2. The smallest absolute Gasteiger partial charge is 0.178 e. The van der Waals surface area contributed by atoms with Crippen LogP contribution in [-0.4, -0.2) is 17.3 Å². The van der Waals surface area contributed by atoms with Crippen molar-refractivity contribution in [3.63, 3.8) is 0 Å². The summed E-state index contributed by atoms with van der Waals surface area (Å²) in [5.74, 6) is 0.952. The Morgan fingerprint density at radius 1 is 0.955 bits per heavy atom. The Morgan fingerprint density at radius 3 is 1.55 bits per heavy atom. The third kappa shape index (κ3) is 3.63. The molecule has 2 unspecified atom stereocenters. The van der Waals surface area contributed by atoms with Crippen LogP contribution in [0.3, 0.4) is 0 Å². The molecule has 0 spiro atoms. The average molecular weight is 304 g/mol. The molecule has 0 aliphatic heterocycles. The molecule has 3 rings (SSSR count). The van der Waals surface area contributed by atoms with Gasteiger partial charge in [0.25, 0.3) is 0 Å². The Kier molecular flexibility index (Phi) is 6.04. The molecule has 0 radical (unpaired) electrons. The molecule has 122 valence electrons. The lowest BCUT2D eigenvalue weighted by molar-refractivity contribution is -0.128. The average Bonchev–Trinajstić information content (AvgIpc) is 2.77. The van der Waals surface area contributed by atoms with Gasteiger partial charge in [-0.15, -0.1) is 0 Å². The molecule has 22 heavy (non-hydrogen) atoms. The minimum atomic E-state index is -0.121. The third-order valence-corrected chi connectivity index (χ3v) is 5.31. The summed E-state index contributed by atoms with van der Waals surface area (Å²) in [5.41, 5.74) is 0.307. The van der Waals surface area contributed by atoms with Gasteiger partial charge in [-0.2, -0.15) is 0 Å². The van der Waals surface area contributed by atoms with Crippen LogP contribution < -0.4 is 0 Å². The van der Waals surface area contributed by atoms with Gasteiger partial charge in [-0.25, -0.2) is 0 Å². The van der Waals surface area contributed by atoms with Crippen molar-refractivity contribution in [2.45, 2.75) is 60.3 Å². The standard InChI is InChI=1S/C10H16O.C6H4O2.C3H8/c1-9(2)7-4-5-10(9,3)8(11)6-7;7-5-1-2-6(8)4-3-5;1-3-2/h7H,4-6H2,1-3H3;1-4H;3H2,1-2H3. The predicted molar refractivity (Wildman–Crippen MR) is 88.5 cm³/mol. The van der Waals surface area contributed by atoms with Gasteiger partial charge in [0.05, 0.1) is 0 Å². The Balaban J connectivity index is 0.000000194. The summed E-state index contributed by atoms with van der Waals surface area (Å²) in [6.45, 7) is 10.9. The molecule has 3 aliphatic rings. The molecule has 0 saturated heterocycles. The second kappa shape index (κ2) is 7.17. The van der Waals surface area contributed by atoms with Crippen molar-refractivity contribution in [2.75, 3.05) is 0 Å². The maximum Gasteiger partial charge on any atom is 0.178 e. The zero-order valence-corrected chi connectivity index (χ0v) is 14.4. The van der Waals surface area contributed by atoms with Gasteiger partial charge in [-0.3, -0.25) is 14.4 Å². The van der Waals surface area contributed by atoms with E-state index in [0.717, 1.165) is 12.8 Å². The summed E-state index contributed by atoms with van der Waals surface area (Å²) < 4.78 is 0. The predicted octanol–water partition coefficient (Wildman–Crippen LogP) is 4.07. The summed E-state index contributed by atoms with van der Waals surface area (Å²) >= 11 is 0. The van der Waals surface area contributed by atoms with Crippen LogP contribution >= 0.6 is 0 Å². The lowest BCUT2D eigenvalue weighted by Gasteiger charge is -2.32. The molecule has 3 aliphatic carbocycles. The molecule has 3 heteroatoms. The number of rotatable bonds is 0. The van der Waals surface area contributed by atoms with Gasteiger partial charge in [0, 0.05) is 11.8 Å². The van der Waals surface area contributed by atoms with Crippen LogP contribution in [-0.2, 0) is 14.4 Å². The van der Waals surface area contributed by atoms with E-state index in [0.29, 0.717) is 11.7 Å². The van der Waals surface area contributed by atoms with Gasteiger partial charge >= 0.3 is 0 Å². The third-order valence-electron chi connectivity index (χ3n) is 5.31. The normalized spacial score (nSPS) is 30.6. The number of carbonyl (C=O) groups is 3. The van der Waals surface area contributed by atoms with Crippen LogP contribution in [0.25, 0.3) is 0 Å². The topological polar surface area (TPSA) is 51.2 Å². The van der Waals surface area contributed by atoms with Crippen molar-refractivity contribution in [1.82, 2.24) is 0 Å². The van der Waals surface area contributed by atoms with Crippen molar-refractivity contribution in [1.29, 1.82) is 0 Å². The Hall–Kier alpha value is -1.51. The Bertz CT molecular complexity index is 473. The summed E-state index contributed by atoms with van der Waals surface area (Å²) in [7, 11) is 0.